The molecule has 3 heterocycles. The van der Waals surface area contributed by atoms with Crippen molar-refractivity contribution < 1.29 is 28.7 Å². The van der Waals surface area contributed by atoms with Crippen LogP contribution in [0.15, 0.2) is 60.8 Å². The predicted octanol–water partition coefficient (Wildman–Crippen LogP) is 2.23. The SMILES string of the molecule is COC(=O)c1cccnc1-c1ccc([C@]2(CN3Cc4ccc(OC)cc4C3=O)NC(=O)NC2=O)cc1. The van der Waals surface area contributed by atoms with E-state index in [1.807, 2.05) is 6.07 Å². The molecule has 36 heavy (non-hydrogen) atoms. The molecular formula is C26H22N4O6. The number of nitrogens with zero attached hydrogens (tertiary/aromatic N) is 2. The van der Waals surface area contributed by atoms with Gasteiger partial charge in [0.25, 0.3) is 11.8 Å². The van der Waals surface area contributed by atoms with Crippen molar-refractivity contribution in [2.24, 2.45) is 0 Å². The molecule has 2 aliphatic heterocycles. The van der Waals surface area contributed by atoms with Gasteiger partial charge in [0.1, 0.15) is 5.75 Å². The maximum absolute atomic E-state index is 13.2. The molecular weight excluding hydrogens is 464 g/mol. The number of urea groups is 1. The largest absolute Gasteiger partial charge is 0.497 e. The second-order valence-electron chi connectivity index (χ2n) is 8.47. The topological polar surface area (TPSA) is 127 Å². The zero-order valence-electron chi connectivity index (χ0n) is 19.5. The molecule has 10 nitrogen and oxygen atoms in total. The van der Waals surface area contributed by atoms with Crippen LogP contribution in [0.4, 0.5) is 4.79 Å². The number of esters is 1. The number of carbonyl (C=O) groups is 4. The fourth-order valence-corrected chi connectivity index (χ4v) is 4.60. The van der Waals surface area contributed by atoms with Gasteiger partial charge in [-0.1, -0.05) is 30.3 Å². The Morgan fingerprint density at radius 3 is 2.53 bits per heavy atom. The summed E-state index contributed by atoms with van der Waals surface area (Å²) in [5.74, 6) is -0.786. The summed E-state index contributed by atoms with van der Waals surface area (Å²) >= 11 is 0. The van der Waals surface area contributed by atoms with Crippen LogP contribution in [-0.2, 0) is 21.6 Å². The maximum atomic E-state index is 13.2. The zero-order chi connectivity index (χ0) is 25.4. The Hall–Kier alpha value is -4.73. The molecule has 0 radical (unpaired) electrons. The predicted molar refractivity (Wildman–Crippen MR) is 127 cm³/mol. The molecule has 1 saturated heterocycles. The van der Waals surface area contributed by atoms with Crippen molar-refractivity contribution in [2.75, 3.05) is 20.8 Å². The van der Waals surface area contributed by atoms with E-state index in [-0.39, 0.29) is 19.0 Å². The molecule has 5 rings (SSSR count). The molecule has 1 aromatic heterocycles. The molecule has 1 fully saturated rings. The summed E-state index contributed by atoms with van der Waals surface area (Å²) < 4.78 is 10.1. The Morgan fingerprint density at radius 2 is 1.86 bits per heavy atom. The maximum Gasteiger partial charge on any atom is 0.340 e. The lowest BCUT2D eigenvalue weighted by Gasteiger charge is -2.31. The lowest BCUT2D eigenvalue weighted by atomic mass is 9.88. The number of amides is 4. The van der Waals surface area contributed by atoms with Crippen LogP contribution in [0.5, 0.6) is 5.75 Å². The van der Waals surface area contributed by atoms with E-state index in [1.54, 1.807) is 54.7 Å². The standard InChI is InChI=1S/C26H22N4O6/c1-35-18-10-7-16-13-30(22(31)20(16)12-18)14-26(24(33)28-25(34)29-26)17-8-5-15(6-9-17)21-19(23(32)36-2)4-3-11-27-21/h3-12H,13-14H2,1-2H3,(H2,28,29,33,34)/t26-/m0/s1. The first kappa shape index (κ1) is 23.0. The van der Waals surface area contributed by atoms with E-state index in [9.17, 15) is 19.2 Å². The van der Waals surface area contributed by atoms with E-state index < -0.39 is 23.4 Å². The van der Waals surface area contributed by atoms with Gasteiger partial charge in [-0.25, -0.2) is 9.59 Å². The average molecular weight is 486 g/mol. The van der Waals surface area contributed by atoms with Gasteiger partial charge >= 0.3 is 12.0 Å². The molecule has 10 heteroatoms. The van der Waals surface area contributed by atoms with Gasteiger partial charge in [0.15, 0.2) is 5.54 Å². The Labute approximate surface area is 206 Å². The summed E-state index contributed by atoms with van der Waals surface area (Å²) in [7, 11) is 2.82. The minimum atomic E-state index is -1.49. The zero-order valence-corrected chi connectivity index (χ0v) is 19.5. The van der Waals surface area contributed by atoms with Crippen LogP contribution in [0.25, 0.3) is 11.3 Å². The number of nitrogens with one attached hydrogen (secondary N) is 2. The van der Waals surface area contributed by atoms with Gasteiger partial charge in [0.05, 0.1) is 32.0 Å². The smallest absolute Gasteiger partial charge is 0.340 e. The summed E-state index contributed by atoms with van der Waals surface area (Å²) in [6, 6.07) is 14.6. The normalized spacial score (nSPS) is 18.5. The number of hydrogen-bond donors (Lipinski definition) is 2. The molecule has 4 amide bonds. The second-order valence-corrected chi connectivity index (χ2v) is 8.47. The van der Waals surface area contributed by atoms with Crippen molar-refractivity contribution in [3.63, 3.8) is 0 Å². The van der Waals surface area contributed by atoms with Gasteiger partial charge in [0.2, 0.25) is 0 Å². The summed E-state index contributed by atoms with van der Waals surface area (Å²) in [5, 5.41) is 5.01. The molecule has 0 bridgehead atoms. The fraction of sp³-hybridized carbons (Fsp3) is 0.192. The number of aromatic nitrogens is 1. The second kappa shape index (κ2) is 8.81. The van der Waals surface area contributed by atoms with Crippen molar-refractivity contribution in [1.29, 1.82) is 0 Å². The number of fused-ring (bicyclic) bond motifs is 1. The van der Waals surface area contributed by atoms with Crippen molar-refractivity contribution in [3.8, 4) is 17.0 Å². The van der Waals surface area contributed by atoms with Gasteiger partial charge in [0, 0.05) is 23.9 Å². The van der Waals surface area contributed by atoms with E-state index in [4.69, 9.17) is 9.47 Å². The fourth-order valence-electron chi connectivity index (χ4n) is 4.60. The molecule has 182 valence electrons. The molecule has 3 aromatic rings. The van der Waals surface area contributed by atoms with Crippen molar-refractivity contribution >= 4 is 23.8 Å². The molecule has 1 atom stereocenters. The number of ether oxygens (including phenoxy) is 2. The van der Waals surface area contributed by atoms with Crippen LogP contribution < -0.4 is 15.4 Å². The van der Waals surface area contributed by atoms with Crippen LogP contribution in [0.1, 0.15) is 31.8 Å². The number of pyridine rings is 1. The molecule has 0 unspecified atom stereocenters. The highest BCUT2D eigenvalue weighted by atomic mass is 16.5. The van der Waals surface area contributed by atoms with Gasteiger partial charge in [-0.2, -0.15) is 0 Å². The molecule has 2 aromatic carbocycles. The van der Waals surface area contributed by atoms with Crippen molar-refractivity contribution in [1.82, 2.24) is 20.5 Å². The third-order valence-corrected chi connectivity index (χ3v) is 6.43. The number of rotatable bonds is 6. The van der Waals surface area contributed by atoms with Gasteiger partial charge in [-0.05, 0) is 35.4 Å². The van der Waals surface area contributed by atoms with Crippen molar-refractivity contribution in [3.05, 3.63) is 83.0 Å². The molecule has 0 aliphatic carbocycles. The molecule has 2 N–H and O–H groups in total. The van der Waals surface area contributed by atoms with Gasteiger partial charge < -0.3 is 19.7 Å². The summed E-state index contributed by atoms with van der Waals surface area (Å²) in [6.07, 6.45) is 1.56. The minimum absolute atomic E-state index is 0.0727. The Balaban J connectivity index is 1.49. The van der Waals surface area contributed by atoms with Crippen LogP contribution >= 0.6 is 0 Å². The number of benzene rings is 2. The average Bonchev–Trinajstić information content (AvgIpc) is 3.37. The Kier molecular flexibility index (Phi) is 5.63. The minimum Gasteiger partial charge on any atom is -0.497 e. The number of carbonyl (C=O) groups excluding carboxylic acids is 4. The monoisotopic (exact) mass is 486 g/mol. The Bertz CT molecular complexity index is 1400. The lowest BCUT2D eigenvalue weighted by molar-refractivity contribution is -0.124. The quantitative estimate of drug-likeness (QED) is 0.404. The van der Waals surface area contributed by atoms with Crippen LogP contribution in [0, 0.1) is 0 Å². The van der Waals surface area contributed by atoms with E-state index in [1.165, 1.54) is 19.1 Å². The highest BCUT2D eigenvalue weighted by Gasteiger charge is 2.50. The van der Waals surface area contributed by atoms with E-state index in [2.05, 4.69) is 15.6 Å². The summed E-state index contributed by atoms with van der Waals surface area (Å²) in [6.45, 7) is 0.217. The first-order chi connectivity index (χ1) is 17.4. The number of methoxy groups -OCH3 is 2. The van der Waals surface area contributed by atoms with E-state index >= 15 is 0 Å². The first-order valence-electron chi connectivity index (χ1n) is 11.1. The van der Waals surface area contributed by atoms with Gasteiger partial charge in [-0.15, -0.1) is 0 Å². The third kappa shape index (κ3) is 3.72. The summed E-state index contributed by atoms with van der Waals surface area (Å²) in [4.78, 5) is 56.5. The van der Waals surface area contributed by atoms with Crippen LogP contribution in [0.2, 0.25) is 0 Å². The van der Waals surface area contributed by atoms with Gasteiger partial charge in [-0.3, -0.25) is 19.9 Å². The highest BCUT2D eigenvalue weighted by molar-refractivity contribution is 6.08. The molecule has 0 saturated carbocycles. The molecule has 2 aliphatic rings. The number of imide groups is 1. The Morgan fingerprint density at radius 1 is 1.08 bits per heavy atom. The van der Waals surface area contributed by atoms with E-state index in [0.29, 0.717) is 33.7 Å². The lowest BCUT2D eigenvalue weighted by Crippen LogP contribution is -2.52. The van der Waals surface area contributed by atoms with Crippen LogP contribution in [-0.4, -0.2) is 54.5 Å². The van der Waals surface area contributed by atoms with E-state index in [0.717, 1.165) is 5.56 Å². The van der Waals surface area contributed by atoms with Crippen molar-refractivity contribution in [2.45, 2.75) is 12.1 Å². The highest BCUT2D eigenvalue weighted by Crippen LogP contribution is 2.33. The third-order valence-electron chi connectivity index (χ3n) is 6.43. The summed E-state index contributed by atoms with van der Waals surface area (Å²) in [5.41, 5.74) is 1.63. The number of hydrogen-bond acceptors (Lipinski definition) is 7. The molecule has 0 spiro atoms. The van der Waals surface area contributed by atoms with Crippen LogP contribution in [0.3, 0.4) is 0 Å². The first-order valence-corrected chi connectivity index (χ1v) is 11.1.